The van der Waals surface area contributed by atoms with Crippen LogP contribution in [0.15, 0.2) is 30.7 Å². The van der Waals surface area contributed by atoms with E-state index >= 15 is 0 Å². The molecule has 3 aromatic rings. The highest BCUT2D eigenvalue weighted by molar-refractivity contribution is 6.34. The molecule has 180 valence electrons. The highest BCUT2D eigenvalue weighted by Crippen LogP contribution is 2.62. The van der Waals surface area contributed by atoms with Gasteiger partial charge in [-0.05, 0) is 51.2 Å². The summed E-state index contributed by atoms with van der Waals surface area (Å²) in [6.45, 7) is 7.86. The molecule has 34 heavy (non-hydrogen) atoms. The first-order valence-electron chi connectivity index (χ1n) is 12.4. The average Bonchev–Trinajstić information content (AvgIpc) is 3.45. The molecule has 4 heterocycles. The van der Waals surface area contributed by atoms with E-state index in [0.29, 0.717) is 13.2 Å². The zero-order valence-corrected chi connectivity index (χ0v) is 20.4. The first-order valence-corrected chi connectivity index (χ1v) is 12.7. The number of benzene rings is 1. The van der Waals surface area contributed by atoms with E-state index in [-0.39, 0.29) is 17.1 Å². The van der Waals surface area contributed by atoms with Crippen molar-refractivity contribution in [2.24, 2.45) is 5.92 Å². The van der Waals surface area contributed by atoms with Gasteiger partial charge in [0.25, 0.3) is 0 Å². The van der Waals surface area contributed by atoms with Crippen molar-refractivity contribution in [3.8, 4) is 5.69 Å². The van der Waals surface area contributed by atoms with Gasteiger partial charge in [0.1, 0.15) is 5.69 Å². The second kappa shape index (κ2) is 7.20. The van der Waals surface area contributed by atoms with Crippen LogP contribution in [-0.2, 0) is 10.3 Å². The lowest BCUT2D eigenvalue weighted by Crippen LogP contribution is -2.63. The van der Waals surface area contributed by atoms with Gasteiger partial charge < -0.3 is 14.7 Å². The van der Waals surface area contributed by atoms with Crippen molar-refractivity contribution in [1.29, 1.82) is 0 Å². The normalized spacial score (nSPS) is 35.5. The number of aliphatic hydroxyl groups excluding tert-OH is 1. The minimum absolute atomic E-state index is 0.247. The third-order valence-corrected chi connectivity index (χ3v) is 9.29. The first-order chi connectivity index (χ1) is 16.4. The summed E-state index contributed by atoms with van der Waals surface area (Å²) < 4.78 is 9.73. The van der Waals surface area contributed by atoms with Gasteiger partial charge in [0.15, 0.2) is 0 Å². The lowest BCUT2D eigenvalue weighted by atomic mass is 9.50. The lowest BCUT2D eigenvalue weighted by molar-refractivity contribution is -0.0977. The topological polar surface area (TPSA) is 71.6 Å². The Morgan fingerprint density at radius 3 is 2.65 bits per heavy atom. The maximum Gasteiger partial charge on any atom is 0.103 e. The number of anilines is 1. The number of piperazine rings is 1. The molecular formula is C25H31ClN6O2. The number of hydrogen-bond donors (Lipinski definition) is 1. The first kappa shape index (κ1) is 21.2. The molecule has 1 aromatic carbocycles. The van der Waals surface area contributed by atoms with E-state index in [2.05, 4.69) is 45.7 Å². The number of hydrogen-bond acceptors (Lipinski definition) is 6. The number of ether oxygens (including phenoxy) is 1. The minimum atomic E-state index is -0.452. The van der Waals surface area contributed by atoms with Crippen molar-refractivity contribution < 1.29 is 9.84 Å². The van der Waals surface area contributed by atoms with Crippen molar-refractivity contribution in [3.63, 3.8) is 0 Å². The van der Waals surface area contributed by atoms with Crippen LogP contribution in [0.4, 0.5) is 5.69 Å². The van der Waals surface area contributed by atoms with E-state index in [9.17, 15) is 5.11 Å². The van der Waals surface area contributed by atoms with Crippen molar-refractivity contribution in [3.05, 3.63) is 35.7 Å². The third kappa shape index (κ3) is 2.89. The molecule has 2 unspecified atom stereocenters. The molecule has 2 saturated heterocycles. The molecule has 5 aliphatic rings. The summed E-state index contributed by atoms with van der Waals surface area (Å²) in [5.74, 6) is 0.914. The molecule has 3 aliphatic carbocycles. The minimum Gasteiger partial charge on any atom is -0.389 e. The summed E-state index contributed by atoms with van der Waals surface area (Å²) in [5, 5.41) is 21.6. The van der Waals surface area contributed by atoms with Gasteiger partial charge in [0.05, 0.1) is 65.2 Å². The zero-order chi connectivity index (χ0) is 23.2. The number of nitrogens with zero attached hydrogens (tertiary/aromatic N) is 6. The van der Waals surface area contributed by atoms with Crippen LogP contribution in [0.1, 0.15) is 33.1 Å². The van der Waals surface area contributed by atoms with E-state index in [1.54, 1.807) is 0 Å². The quantitative estimate of drug-likeness (QED) is 0.616. The summed E-state index contributed by atoms with van der Waals surface area (Å²) in [7, 11) is 0. The molecule has 5 fully saturated rings. The van der Waals surface area contributed by atoms with E-state index in [1.807, 2.05) is 23.1 Å². The smallest absolute Gasteiger partial charge is 0.103 e. The van der Waals surface area contributed by atoms with E-state index in [1.165, 1.54) is 19.3 Å². The summed E-state index contributed by atoms with van der Waals surface area (Å²) in [5.41, 5.74) is 3.01. The molecule has 2 aromatic heterocycles. The van der Waals surface area contributed by atoms with Crippen molar-refractivity contribution in [1.82, 2.24) is 24.5 Å². The van der Waals surface area contributed by atoms with Gasteiger partial charge in [-0.25, -0.2) is 4.68 Å². The molecule has 9 heteroatoms. The van der Waals surface area contributed by atoms with Crippen LogP contribution >= 0.6 is 11.6 Å². The molecule has 2 aliphatic heterocycles. The highest BCUT2D eigenvalue weighted by Gasteiger charge is 2.58. The maximum absolute atomic E-state index is 10.5. The Morgan fingerprint density at radius 1 is 1.15 bits per heavy atom. The molecule has 8 rings (SSSR count). The van der Waals surface area contributed by atoms with Crippen LogP contribution in [0.25, 0.3) is 16.6 Å². The standard InChI is InChI=1S/C25H31ClN6O2/c1-16-12-29(24(2)15-34-14-23(24)33)3-4-30(16)22-6-21-18(5-20(22)26)10-28-32(21)19-11-27-31(13-19)25-7-17(8-25)9-25/h5-6,10-11,13,16-17,23,33H,3-4,7-9,12,14-15H2,1-2H3/t16?,17?,23?,24-,25?/m0/s1. The Hall–Kier alpha value is -2.13. The number of fused-ring (bicyclic) bond motifs is 1. The van der Waals surface area contributed by atoms with Crippen LogP contribution in [0, 0.1) is 5.92 Å². The van der Waals surface area contributed by atoms with Gasteiger partial charge in [-0.1, -0.05) is 11.6 Å². The maximum atomic E-state index is 10.5. The van der Waals surface area contributed by atoms with E-state index in [0.717, 1.165) is 52.9 Å². The van der Waals surface area contributed by atoms with Gasteiger partial charge in [0.2, 0.25) is 0 Å². The Kier molecular flexibility index (Phi) is 4.48. The number of halogens is 1. The Balaban J connectivity index is 1.18. The van der Waals surface area contributed by atoms with Crippen LogP contribution < -0.4 is 4.90 Å². The molecular weight excluding hydrogens is 452 g/mol. The predicted octanol–water partition coefficient (Wildman–Crippen LogP) is 3.04. The van der Waals surface area contributed by atoms with E-state index in [4.69, 9.17) is 21.4 Å². The summed E-state index contributed by atoms with van der Waals surface area (Å²) in [6, 6.07) is 4.44. The molecule has 0 amide bonds. The van der Waals surface area contributed by atoms with Gasteiger partial charge in [0, 0.05) is 31.1 Å². The third-order valence-electron chi connectivity index (χ3n) is 8.99. The number of aromatic nitrogens is 4. The number of aliphatic hydroxyl groups is 1. The van der Waals surface area contributed by atoms with Gasteiger partial charge >= 0.3 is 0 Å². The van der Waals surface area contributed by atoms with Crippen molar-refractivity contribution in [2.45, 2.75) is 56.3 Å². The van der Waals surface area contributed by atoms with Crippen LogP contribution in [0.2, 0.25) is 5.02 Å². The highest BCUT2D eigenvalue weighted by atomic mass is 35.5. The largest absolute Gasteiger partial charge is 0.389 e. The summed E-state index contributed by atoms with van der Waals surface area (Å²) >= 11 is 6.80. The zero-order valence-electron chi connectivity index (χ0n) is 19.7. The molecule has 3 atom stereocenters. The lowest BCUT2D eigenvalue weighted by Gasteiger charge is -2.61. The second-order valence-electron chi connectivity index (χ2n) is 11.1. The monoisotopic (exact) mass is 482 g/mol. The van der Waals surface area contributed by atoms with Gasteiger partial charge in [-0.15, -0.1) is 0 Å². The molecule has 2 bridgehead atoms. The van der Waals surface area contributed by atoms with Crippen LogP contribution in [0.3, 0.4) is 0 Å². The second-order valence-corrected chi connectivity index (χ2v) is 11.5. The average molecular weight is 483 g/mol. The summed E-state index contributed by atoms with van der Waals surface area (Å²) in [4.78, 5) is 4.76. The molecule has 3 saturated carbocycles. The van der Waals surface area contributed by atoms with E-state index < -0.39 is 6.10 Å². The van der Waals surface area contributed by atoms with Crippen LogP contribution in [-0.4, -0.2) is 80.1 Å². The fraction of sp³-hybridized carbons (Fsp3) is 0.600. The molecule has 0 radical (unpaired) electrons. The SMILES string of the molecule is CC1CN([C@@]2(C)COCC2O)CCN1c1cc2c(cnn2-c2cnn(C34CC(C3)C4)c2)cc1Cl. The molecule has 0 spiro atoms. The van der Waals surface area contributed by atoms with Crippen molar-refractivity contribution >= 4 is 28.2 Å². The summed E-state index contributed by atoms with van der Waals surface area (Å²) in [6.07, 6.45) is 9.30. The fourth-order valence-corrected chi connectivity index (χ4v) is 6.87. The fourth-order valence-electron chi connectivity index (χ4n) is 6.59. The predicted molar refractivity (Wildman–Crippen MR) is 131 cm³/mol. The van der Waals surface area contributed by atoms with Crippen molar-refractivity contribution in [2.75, 3.05) is 37.7 Å². The Labute approximate surface area is 204 Å². The van der Waals surface area contributed by atoms with Crippen LogP contribution in [0.5, 0.6) is 0 Å². The number of rotatable bonds is 4. The Morgan fingerprint density at radius 2 is 1.97 bits per heavy atom. The van der Waals surface area contributed by atoms with Gasteiger partial charge in [-0.3, -0.25) is 9.58 Å². The molecule has 1 N–H and O–H groups in total. The van der Waals surface area contributed by atoms with Gasteiger partial charge in [-0.2, -0.15) is 10.2 Å². The Bertz CT molecular complexity index is 1250. The molecule has 8 nitrogen and oxygen atoms in total.